The molecule has 1 aliphatic heterocycles. The Bertz CT molecular complexity index is 1230. The van der Waals surface area contributed by atoms with E-state index in [1.165, 1.54) is 11.3 Å². The van der Waals surface area contributed by atoms with Crippen LogP contribution in [0.15, 0.2) is 42.5 Å². The Hall–Kier alpha value is -3.99. The lowest BCUT2D eigenvalue weighted by molar-refractivity contribution is 0.0373. The van der Waals surface area contributed by atoms with Crippen molar-refractivity contribution in [2.75, 3.05) is 44.5 Å². The molecule has 0 radical (unpaired) electrons. The molecule has 1 aliphatic carbocycles. The summed E-state index contributed by atoms with van der Waals surface area (Å²) in [6.07, 6.45) is 4.70. The zero-order chi connectivity index (χ0) is 30.2. The Morgan fingerprint density at radius 1 is 1.12 bits per heavy atom. The number of ether oxygens (including phenoxy) is 2. The van der Waals surface area contributed by atoms with E-state index >= 15 is 0 Å². The molecule has 4 rings (SSSR count). The van der Waals surface area contributed by atoms with Crippen LogP contribution in [-0.4, -0.2) is 84.9 Å². The number of hydrogen-bond donors (Lipinski definition) is 4. The first-order chi connectivity index (χ1) is 20.2. The number of methoxy groups -OCH3 is 1. The fourth-order valence-electron chi connectivity index (χ4n) is 5.40. The second-order valence-corrected chi connectivity index (χ2v) is 11.3. The van der Waals surface area contributed by atoms with E-state index in [9.17, 15) is 19.5 Å². The molecule has 1 heterocycles. The highest BCUT2D eigenvalue weighted by molar-refractivity contribution is 6.01. The molecule has 0 spiro atoms. The average molecular weight is 582 g/mol. The van der Waals surface area contributed by atoms with Gasteiger partial charge in [0.2, 0.25) is 0 Å². The van der Waals surface area contributed by atoms with Gasteiger partial charge in [0.05, 0.1) is 37.6 Å². The number of amides is 5. The van der Waals surface area contributed by atoms with E-state index < -0.39 is 12.1 Å². The number of rotatable bonds is 8. The number of hydrogen-bond acceptors (Lipinski definition) is 6. The first kappa shape index (κ1) is 31.0. The summed E-state index contributed by atoms with van der Waals surface area (Å²) in [6, 6.07) is 11.1. The minimum absolute atomic E-state index is 0.110. The Kier molecular flexibility index (Phi) is 10.5. The fourth-order valence-corrected chi connectivity index (χ4v) is 5.40. The predicted molar refractivity (Wildman–Crippen MR) is 161 cm³/mol. The van der Waals surface area contributed by atoms with Crippen LogP contribution in [0.4, 0.5) is 21.0 Å². The second kappa shape index (κ2) is 14.3. The van der Waals surface area contributed by atoms with Gasteiger partial charge in [-0.25, -0.2) is 9.59 Å². The molecule has 11 heteroatoms. The largest absolute Gasteiger partial charge is 0.497 e. The van der Waals surface area contributed by atoms with Gasteiger partial charge < -0.3 is 40.3 Å². The summed E-state index contributed by atoms with van der Waals surface area (Å²) in [6.45, 7) is 4.06. The topological polar surface area (TPSA) is 132 Å². The van der Waals surface area contributed by atoms with Gasteiger partial charge >= 0.3 is 12.1 Å². The molecule has 5 amide bonds. The number of aliphatic hydroxyl groups excluding tert-OH is 1. The molecule has 1 fully saturated rings. The van der Waals surface area contributed by atoms with E-state index in [1.54, 1.807) is 68.4 Å². The maximum atomic E-state index is 13.7. The van der Waals surface area contributed by atoms with Crippen LogP contribution in [0, 0.1) is 5.92 Å². The molecule has 11 nitrogen and oxygen atoms in total. The predicted octanol–water partition coefficient (Wildman–Crippen LogP) is 4.53. The third-order valence-corrected chi connectivity index (χ3v) is 8.02. The minimum atomic E-state index is -0.527. The molecular weight excluding hydrogens is 538 g/mol. The lowest BCUT2D eigenvalue weighted by Gasteiger charge is -2.38. The molecule has 4 N–H and O–H groups in total. The van der Waals surface area contributed by atoms with Gasteiger partial charge in [0.1, 0.15) is 11.9 Å². The fraction of sp³-hybridized carbons (Fsp3) is 0.516. The van der Waals surface area contributed by atoms with Crippen molar-refractivity contribution >= 4 is 29.3 Å². The van der Waals surface area contributed by atoms with Crippen LogP contribution < -0.4 is 25.4 Å². The third kappa shape index (κ3) is 7.64. The van der Waals surface area contributed by atoms with Crippen LogP contribution in [0.2, 0.25) is 0 Å². The Labute approximate surface area is 247 Å². The molecule has 0 bridgehead atoms. The summed E-state index contributed by atoms with van der Waals surface area (Å²) >= 11 is 0. The number of likely N-dealkylation sites (N-methyl/N-ethyl adjacent to an activating group) is 1. The molecule has 1 saturated carbocycles. The van der Waals surface area contributed by atoms with Crippen molar-refractivity contribution in [1.82, 2.24) is 15.1 Å². The second-order valence-electron chi connectivity index (χ2n) is 11.3. The number of carbonyl (C=O) groups excluding carboxylic acids is 3. The summed E-state index contributed by atoms with van der Waals surface area (Å²) in [4.78, 5) is 42.9. The molecule has 2 aliphatic rings. The Morgan fingerprint density at radius 2 is 1.83 bits per heavy atom. The van der Waals surface area contributed by atoms with Crippen molar-refractivity contribution in [2.24, 2.45) is 5.92 Å². The van der Waals surface area contributed by atoms with Crippen LogP contribution in [0.3, 0.4) is 0 Å². The number of nitrogens with zero attached hydrogens (tertiary/aromatic N) is 2. The summed E-state index contributed by atoms with van der Waals surface area (Å²) in [7, 11) is 3.26. The zero-order valence-corrected chi connectivity index (χ0v) is 24.9. The van der Waals surface area contributed by atoms with E-state index in [0.29, 0.717) is 23.7 Å². The lowest BCUT2D eigenvalue weighted by atomic mass is 9.96. The van der Waals surface area contributed by atoms with Crippen molar-refractivity contribution in [3.8, 4) is 11.5 Å². The Morgan fingerprint density at radius 3 is 2.50 bits per heavy atom. The number of carbonyl (C=O) groups is 3. The molecule has 2 aromatic carbocycles. The number of nitrogens with one attached hydrogen (secondary N) is 3. The minimum Gasteiger partial charge on any atom is -0.497 e. The number of anilines is 2. The highest BCUT2D eigenvalue weighted by atomic mass is 16.5. The van der Waals surface area contributed by atoms with Crippen molar-refractivity contribution < 1.29 is 29.0 Å². The van der Waals surface area contributed by atoms with Crippen LogP contribution in [0.25, 0.3) is 0 Å². The molecule has 228 valence electrons. The van der Waals surface area contributed by atoms with E-state index in [0.717, 1.165) is 25.7 Å². The molecule has 0 aromatic heterocycles. The van der Waals surface area contributed by atoms with Crippen LogP contribution in [0.5, 0.6) is 11.5 Å². The first-order valence-corrected chi connectivity index (χ1v) is 14.6. The average Bonchev–Trinajstić information content (AvgIpc) is 2.99. The highest BCUT2D eigenvalue weighted by Gasteiger charge is 2.35. The number of urea groups is 2. The summed E-state index contributed by atoms with van der Waals surface area (Å²) in [5.41, 5.74) is 1.27. The summed E-state index contributed by atoms with van der Waals surface area (Å²) in [5.74, 6) is 0.428. The standard InChI is InChI=1S/C31H43N5O6/c1-20-17-36(21(2)19-37)29(38)25-11-8-12-26(34-30(39)32-22-9-6-5-7-10-22)28(25)42-27(20)18-35(3)31(40)33-23-13-15-24(41-4)16-14-23/h8,11-16,20-22,27,37H,5-7,9-10,17-19H2,1-4H3,(H,33,40)(H2,32,34,39)/t20-,21-,27+/m0/s1. The van der Waals surface area contributed by atoms with Crippen molar-refractivity contribution in [2.45, 2.75) is 64.1 Å². The van der Waals surface area contributed by atoms with Gasteiger partial charge in [0.15, 0.2) is 5.75 Å². The number of para-hydroxylation sites is 1. The van der Waals surface area contributed by atoms with Gasteiger partial charge in [-0.05, 0) is 56.2 Å². The SMILES string of the molecule is COc1ccc(NC(=O)N(C)C[C@H]2Oc3c(NC(=O)NC4CCCCC4)cccc3C(=O)N([C@@H](C)CO)C[C@@H]2C)cc1. The van der Waals surface area contributed by atoms with Crippen LogP contribution in [-0.2, 0) is 0 Å². The molecule has 0 unspecified atom stereocenters. The summed E-state index contributed by atoms with van der Waals surface area (Å²) < 4.78 is 11.7. The molecule has 2 aromatic rings. The Balaban J connectivity index is 1.57. The van der Waals surface area contributed by atoms with Gasteiger partial charge in [0, 0.05) is 31.2 Å². The lowest BCUT2D eigenvalue weighted by Crippen LogP contribution is -2.50. The van der Waals surface area contributed by atoms with Crippen LogP contribution >= 0.6 is 0 Å². The van der Waals surface area contributed by atoms with E-state index in [2.05, 4.69) is 16.0 Å². The van der Waals surface area contributed by atoms with Crippen molar-refractivity contribution in [1.29, 1.82) is 0 Å². The first-order valence-electron chi connectivity index (χ1n) is 14.6. The number of benzene rings is 2. The molecule has 0 saturated heterocycles. The van der Waals surface area contributed by atoms with Crippen LogP contribution in [0.1, 0.15) is 56.3 Å². The molecule has 42 heavy (non-hydrogen) atoms. The molecule has 3 atom stereocenters. The maximum Gasteiger partial charge on any atom is 0.321 e. The summed E-state index contributed by atoms with van der Waals surface area (Å²) in [5, 5.41) is 18.7. The quantitative estimate of drug-likeness (QED) is 0.362. The highest BCUT2D eigenvalue weighted by Crippen LogP contribution is 2.35. The van der Waals surface area contributed by atoms with E-state index in [1.807, 2.05) is 6.92 Å². The monoisotopic (exact) mass is 581 g/mol. The normalized spacial score (nSPS) is 19.8. The smallest absolute Gasteiger partial charge is 0.321 e. The number of aliphatic hydroxyl groups is 1. The van der Waals surface area contributed by atoms with E-state index in [4.69, 9.17) is 9.47 Å². The van der Waals surface area contributed by atoms with Gasteiger partial charge in [0.25, 0.3) is 5.91 Å². The number of fused-ring (bicyclic) bond motifs is 1. The van der Waals surface area contributed by atoms with Gasteiger partial charge in [-0.2, -0.15) is 0 Å². The van der Waals surface area contributed by atoms with Crippen molar-refractivity contribution in [3.05, 3.63) is 48.0 Å². The zero-order valence-electron chi connectivity index (χ0n) is 24.9. The third-order valence-electron chi connectivity index (χ3n) is 8.02. The van der Waals surface area contributed by atoms with Crippen molar-refractivity contribution in [3.63, 3.8) is 0 Å². The van der Waals surface area contributed by atoms with E-state index in [-0.39, 0.29) is 54.4 Å². The van der Waals surface area contributed by atoms with Gasteiger partial charge in [-0.15, -0.1) is 0 Å². The van der Waals surface area contributed by atoms with Gasteiger partial charge in [-0.1, -0.05) is 32.3 Å². The molecular formula is C31H43N5O6. The van der Waals surface area contributed by atoms with Gasteiger partial charge in [-0.3, -0.25) is 4.79 Å². The maximum absolute atomic E-state index is 13.7.